The van der Waals surface area contributed by atoms with Gasteiger partial charge in [0.2, 0.25) is 0 Å². The van der Waals surface area contributed by atoms with Crippen molar-refractivity contribution in [3.8, 4) is 23.6 Å². The zero-order valence-corrected chi connectivity index (χ0v) is 17.9. The average molecular weight is 478 g/mol. The molecule has 0 saturated heterocycles. The Bertz CT molecular complexity index is 1290. The largest absolute Gasteiger partial charge is 0.366 e. The number of benzene rings is 2. The third-order valence-corrected chi connectivity index (χ3v) is 5.18. The molecule has 2 aromatic carbocycles. The van der Waals surface area contributed by atoms with Gasteiger partial charge >= 0.3 is 0 Å². The highest BCUT2D eigenvalue weighted by atomic mass is 79.9. The molecule has 0 radical (unpaired) electrons. The predicted molar refractivity (Wildman–Crippen MR) is 121 cm³/mol. The lowest BCUT2D eigenvalue weighted by Crippen LogP contribution is -2.23. The third kappa shape index (κ3) is 4.42. The molecule has 8 heteroatoms. The van der Waals surface area contributed by atoms with Crippen molar-refractivity contribution < 1.29 is 9.18 Å². The molecule has 2 heterocycles. The Hall–Kier alpha value is -3.70. The summed E-state index contributed by atoms with van der Waals surface area (Å²) in [7, 11) is 0. The van der Waals surface area contributed by atoms with Gasteiger partial charge in [-0.3, -0.25) is 4.79 Å². The van der Waals surface area contributed by atoms with Crippen molar-refractivity contribution >= 4 is 33.3 Å². The molecule has 2 N–H and O–H groups in total. The molecular weight excluding hydrogens is 461 g/mol. The van der Waals surface area contributed by atoms with Crippen LogP contribution in [0, 0.1) is 18.2 Å². The van der Waals surface area contributed by atoms with E-state index in [1.807, 2.05) is 12.1 Å². The molecule has 4 aromatic rings. The number of amides is 1. The monoisotopic (exact) mass is 477 g/mol. The number of anilines is 1. The van der Waals surface area contributed by atoms with E-state index in [9.17, 15) is 9.18 Å². The molecule has 0 fully saturated rings. The van der Waals surface area contributed by atoms with Crippen molar-refractivity contribution in [2.24, 2.45) is 0 Å². The van der Waals surface area contributed by atoms with Gasteiger partial charge in [0, 0.05) is 23.7 Å². The number of nitrogens with one attached hydrogen (secondary N) is 2. The van der Waals surface area contributed by atoms with Gasteiger partial charge in [-0.25, -0.2) is 9.37 Å². The number of carbonyl (C=O) groups excluding carboxylic acids is 1. The first-order valence-corrected chi connectivity index (χ1v) is 10.2. The summed E-state index contributed by atoms with van der Waals surface area (Å²) in [5.41, 5.74) is 2.96. The van der Waals surface area contributed by atoms with Crippen LogP contribution in [-0.4, -0.2) is 27.0 Å². The third-order valence-electron chi connectivity index (χ3n) is 4.62. The molecule has 31 heavy (non-hydrogen) atoms. The van der Waals surface area contributed by atoms with Crippen molar-refractivity contribution in [2.75, 3.05) is 11.9 Å². The van der Waals surface area contributed by atoms with E-state index in [1.165, 1.54) is 6.07 Å². The number of halogens is 2. The number of fused-ring (bicyclic) bond motifs is 1. The van der Waals surface area contributed by atoms with E-state index in [4.69, 9.17) is 6.42 Å². The SMILES string of the molecule is C#CCNC(=O)c1ccc(CNc2cc(-c3ccccc3F)nc3c(Br)cnn23)cc1. The van der Waals surface area contributed by atoms with Crippen molar-refractivity contribution in [1.29, 1.82) is 0 Å². The number of nitrogens with zero attached hydrogens (tertiary/aromatic N) is 3. The quantitative estimate of drug-likeness (QED) is 0.406. The summed E-state index contributed by atoms with van der Waals surface area (Å²) >= 11 is 3.44. The van der Waals surface area contributed by atoms with Crippen LogP contribution in [-0.2, 0) is 6.54 Å². The van der Waals surface area contributed by atoms with Gasteiger partial charge < -0.3 is 10.6 Å². The van der Waals surface area contributed by atoms with Crippen LogP contribution in [0.1, 0.15) is 15.9 Å². The molecule has 0 unspecified atom stereocenters. The molecule has 2 aromatic heterocycles. The molecule has 1 amide bonds. The summed E-state index contributed by atoms with van der Waals surface area (Å²) in [6, 6.07) is 15.4. The Balaban J connectivity index is 1.59. The van der Waals surface area contributed by atoms with Crippen molar-refractivity contribution in [2.45, 2.75) is 6.54 Å². The Morgan fingerprint density at radius 1 is 1.19 bits per heavy atom. The molecule has 0 aliphatic rings. The molecule has 154 valence electrons. The van der Waals surface area contributed by atoms with Crippen molar-refractivity contribution in [3.05, 3.63) is 82.2 Å². The summed E-state index contributed by atoms with van der Waals surface area (Å²) < 4.78 is 16.7. The summed E-state index contributed by atoms with van der Waals surface area (Å²) in [4.78, 5) is 16.5. The zero-order valence-electron chi connectivity index (χ0n) is 16.3. The number of terminal acetylenes is 1. The van der Waals surface area contributed by atoms with Gasteiger partial charge in [0.25, 0.3) is 5.91 Å². The molecule has 0 spiro atoms. The molecule has 6 nitrogen and oxygen atoms in total. The summed E-state index contributed by atoms with van der Waals surface area (Å²) in [6.07, 6.45) is 6.80. The van der Waals surface area contributed by atoms with Crippen LogP contribution in [0.25, 0.3) is 16.9 Å². The zero-order chi connectivity index (χ0) is 21.8. The van der Waals surface area contributed by atoms with Gasteiger partial charge in [-0.15, -0.1) is 6.42 Å². The number of hydrogen-bond acceptors (Lipinski definition) is 4. The van der Waals surface area contributed by atoms with Crippen molar-refractivity contribution in [1.82, 2.24) is 19.9 Å². The highest BCUT2D eigenvalue weighted by Gasteiger charge is 2.14. The fourth-order valence-electron chi connectivity index (χ4n) is 3.07. The number of hydrogen-bond donors (Lipinski definition) is 2. The van der Waals surface area contributed by atoms with Gasteiger partial charge in [-0.05, 0) is 45.8 Å². The first-order valence-electron chi connectivity index (χ1n) is 9.40. The Morgan fingerprint density at radius 3 is 2.71 bits per heavy atom. The maximum Gasteiger partial charge on any atom is 0.252 e. The van der Waals surface area contributed by atoms with Crippen LogP contribution in [0.15, 0.2) is 65.3 Å². The minimum Gasteiger partial charge on any atom is -0.366 e. The van der Waals surface area contributed by atoms with E-state index >= 15 is 0 Å². The van der Waals surface area contributed by atoms with Crippen LogP contribution in [0.2, 0.25) is 0 Å². The molecule has 0 bridgehead atoms. The van der Waals surface area contributed by atoms with Crippen molar-refractivity contribution in [3.63, 3.8) is 0 Å². The summed E-state index contributed by atoms with van der Waals surface area (Å²) in [6.45, 7) is 0.656. The van der Waals surface area contributed by atoms with Gasteiger partial charge in [-0.1, -0.05) is 30.2 Å². The van der Waals surface area contributed by atoms with Crippen LogP contribution >= 0.6 is 15.9 Å². The fraction of sp³-hybridized carbons (Fsp3) is 0.0870. The second-order valence-corrected chi connectivity index (χ2v) is 7.53. The van der Waals surface area contributed by atoms with E-state index in [2.05, 4.69) is 42.6 Å². The van der Waals surface area contributed by atoms with Gasteiger partial charge in [0.15, 0.2) is 5.65 Å². The van der Waals surface area contributed by atoms with E-state index in [1.54, 1.807) is 47.1 Å². The number of carbonyl (C=O) groups is 1. The fourth-order valence-corrected chi connectivity index (χ4v) is 3.42. The van der Waals surface area contributed by atoms with E-state index in [-0.39, 0.29) is 18.3 Å². The molecule has 0 aliphatic carbocycles. The highest BCUT2D eigenvalue weighted by Crippen LogP contribution is 2.27. The first-order chi connectivity index (χ1) is 15.1. The molecule has 0 saturated carbocycles. The van der Waals surface area contributed by atoms with Crippen LogP contribution < -0.4 is 10.6 Å². The smallest absolute Gasteiger partial charge is 0.252 e. The topological polar surface area (TPSA) is 71.3 Å². The van der Waals surface area contributed by atoms with E-state index in [0.29, 0.717) is 39.3 Å². The van der Waals surface area contributed by atoms with E-state index in [0.717, 1.165) is 5.56 Å². The summed E-state index contributed by atoms with van der Waals surface area (Å²) in [5.74, 6) is 2.46. The average Bonchev–Trinajstić information content (AvgIpc) is 3.17. The number of rotatable bonds is 6. The summed E-state index contributed by atoms with van der Waals surface area (Å²) in [5, 5.41) is 10.3. The minimum absolute atomic E-state index is 0.184. The Morgan fingerprint density at radius 2 is 1.97 bits per heavy atom. The lowest BCUT2D eigenvalue weighted by Gasteiger charge is -2.12. The molecule has 0 aliphatic heterocycles. The second-order valence-electron chi connectivity index (χ2n) is 6.67. The Kier molecular flexibility index (Phi) is 5.96. The second kappa shape index (κ2) is 8.98. The molecule has 0 atom stereocenters. The molecule has 4 rings (SSSR count). The number of aromatic nitrogens is 3. The maximum absolute atomic E-state index is 14.3. The standard InChI is InChI=1S/C23H17BrFN5O/c1-2-11-26-23(31)16-9-7-15(8-10-16)13-27-21-12-20(17-5-3-4-6-19(17)25)29-22-18(24)14-28-30(21)22/h1,3-10,12,14,27H,11,13H2,(H,26,31). The minimum atomic E-state index is -0.348. The maximum atomic E-state index is 14.3. The van der Waals surface area contributed by atoms with Gasteiger partial charge in [-0.2, -0.15) is 9.61 Å². The van der Waals surface area contributed by atoms with Gasteiger partial charge in [0.05, 0.1) is 22.9 Å². The lowest BCUT2D eigenvalue weighted by atomic mass is 10.1. The normalized spacial score (nSPS) is 10.6. The van der Waals surface area contributed by atoms with Crippen LogP contribution in [0.4, 0.5) is 10.2 Å². The predicted octanol–water partition coefficient (Wildman–Crippen LogP) is 4.27. The van der Waals surface area contributed by atoms with Gasteiger partial charge in [0.1, 0.15) is 11.6 Å². The Labute approximate surface area is 186 Å². The highest BCUT2D eigenvalue weighted by molar-refractivity contribution is 9.10. The van der Waals surface area contributed by atoms with Crippen LogP contribution in [0.3, 0.4) is 0 Å². The van der Waals surface area contributed by atoms with E-state index < -0.39 is 0 Å². The lowest BCUT2D eigenvalue weighted by molar-refractivity contribution is 0.0958. The first kappa shape index (κ1) is 20.6. The molecular formula is C23H17BrFN5O. The van der Waals surface area contributed by atoms with Crippen LogP contribution in [0.5, 0.6) is 0 Å².